The third-order valence-electron chi connectivity index (χ3n) is 7.68. The molecular formula is C26H24. The maximum absolute atomic E-state index is 6.46. The fourth-order valence-electron chi connectivity index (χ4n) is 7.19. The Morgan fingerprint density at radius 1 is 0.692 bits per heavy atom. The van der Waals surface area contributed by atoms with Gasteiger partial charge in [-0.2, -0.15) is 0 Å². The summed E-state index contributed by atoms with van der Waals surface area (Å²) in [5, 5.41) is 0. The zero-order valence-corrected chi connectivity index (χ0v) is 15.1. The van der Waals surface area contributed by atoms with Gasteiger partial charge in [0.25, 0.3) is 0 Å². The highest BCUT2D eigenvalue weighted by molar-refractivity contribution is 5.54. The van der Waals surface area contributed by atoms with Gasteiger partial charge in [-0.3, -0.25) is 0 Å². The summed E-state index contributed by atoms with van der Waals surface area (Å²) in [5.74, 6) is 8.06. The summed E-state index contributed by atoms with van der Waals surface area (Å²) in [6.45, 7) is 0. The first-order valence-corrected chi connectivity index (χ1v) is 9.76. The third kappa shape index (κ3) is 1.68. The second-order valence-corrected chi connectivity index (χ2v) is 8.72. The molecule has 2 aromatic rings. The molecule has 0 heteroatoms. The van der Waals surface area contributed by atoms with Crippen LogP contribution in [-0.4, -0.2) is 0 Å². The first kappa shape index (κ1) is 15.8. The zero-order chi connectivity index (χ0) is 17.8. The second-order valence-electron chi connectivity index (χ2n) is 8.72. The first-order chi connectivity index (χ1) is 12.7. The zero-order valence-electron chi connectivity index (χ0n) is 15.1. The van der Waals surface area contributed by atoms with Gasteiger partial charge in [-0.05, 0) is 55.1 Å². The Labute approximate surface area is 157 Å². The molecule has 3 atom stereocenters. The fraction of sp³-hybridized carbons (Fsp3) is 0.385. The van der Waals surface area contributed by atoms with Gasteiger partial charge in [0.2, 0.25) is 0 Å². The largest absolute Gasteiger partial charge is 0.119 e. The summed E-state index contributed by atoms with van der Waals surface area (Å²) in [6.07, 6.45) is 18.6. The van der Waals surface area contributed by atoms with Crippen LogP contribution in [-0.2, 0) is 10.8 Å². The van der Waals surface area contributed by atoms with E-state index in [4.69, 9.17) is 12.8 Å². The summed E-state index contributed by atoms with van der Waals surface area (Å²) in [6, 6.07) is 21.7. The molecule has 0 aliphatic heterocycles. The molecule has 2 aromatic carbocycles. The van der Waals surface area contributed by atoms with Gasteiger partial charge in [-0.15, -0.1) is 12.8 Å². The summed E-state index contributed by atoms with van der Waals surface area (Å²) in [4.78, 5) is 0. The molecule has 3 unspecified atom stereocenters. The molecule has 0 N–H and O–H groups in total. The normalized spacial score (nSPS) is 39.9. The Kier molecular flexibility index (Phi) is 3.21. The number of terminal acetylenes is 2. The van der Waals surface area contributed by atoms with Crippen LogP contribution in [0.15, 0.2) is 60.7 Å². The molecule has 0 aromatic heterocycles. The Morgan fingerprint density at radius 3 is 1.73 bits per heavy atom. The first-order valence-electron chi connectivity index (χ1n) is 9.76. The number of hydrogen-bond donors (Lipinski definition) is 0. The van der Waals surface area contributed by atoms with Gasteiger partial charge < -0.3 is 0 Å². The van der Waals surface area contributed by atoms with Crippen molar-refractivity contribution in [2.24, 2.45) is 17.3 Å². The van der Waals surface area contributed by atoms with E-state index >= 15 is 0 Å². The lowest BCUT2D eigenvalue weighted by Crippen LogP contribution is -2.69. The van der Waals surface area contributed by atoms with Crippen molar-refractivity contribution < 1.29 is 0 Å². The molecule has 4 fully saturated rings. The van der Waals surface area contributed by atoms with Crippen LogP contribution >= 0.6 is 0 Å². The third-order valence-corrected chi connectivity index (χ3v) is 7.68. The predicted octanol–water partition coefficient (Wildman–Crippen LogP) is 5.34. The van der Waals surface area contributed by atoms with Crippen LogP contribution in [0.5, 0.6) is 0 Å². The van der Waals surface area contributed by atoms with Crippen LogP contribution in [0.4, 0.5) is 0 Å². The molecule has 4 saturated carbocycles. The van der Waals surface area contributed by atoms with Gasteiger partial charge in [-0.1, -0.05) is 72.5 Å². The van der Waals surface area contributed by atoms with Crippen molar-refractivity contribution >= 4 is 0 Å². The van der Waals surface area contributed by atoms with Crippen molar-refractivity contribution in [3.63, 3.8) is 0 Å². The highest BCUT2D eigenvalue weighted by Crippen LogP contribution is 2.73. The minimum atomic E-state index is -0.426. The molecule has 0 heterocycles. The summed E-state index contributed by atoms with van der Waals surface area (Å²) < 4.78 is 0. The fourth-order valence-corrected chi connectivity index (χ4v) is 7.19. The van der Waals surface area contributed by atoms with Crippen LogP contribution in [0, 0.1) is 41.9 Å². The molecule has 0 radical (unpaired) electrons. The van der Waals surface area contributed by atoms with Crippen molar-refractivity contribution in [1.82, 2.24) is 0 Å². The molecule has 4 bridgehead atoms. The molecule has 0 saturated heterocycles. The molecule has 128 valence electrons. The van der Waals surface area contributed by atoms with Crippen molar-refractivity contribution in [3.05, 3.63) is 71.8 Å². The minimum absolute atomic E-state index is 0.0547. The minimum Gasteiger partial charge on any atom is -0.119 e. The average Bonchev–Trinajstić information content (AvgIpc) is 2.69. The Morgan fingerprint density at radius 2 is 1.23 bits per heavy atom. The molecular weight excluding hydrogens is 312 g/mol. The predicted molar refractivity (Wildman–Crippen MR) is 106 cm³/mol. The molecule has 0 amide bonds. The Hall–Kier alpha value is -2.44. The van der Waals surface area contributed by atoms with E-state index in [2.05, 4.69) is 72.5 Å². The van der Waals surface area contributed by atoms with Crippen molar-refractivity contribution in [2.45, 2.75) is 42.9 Å². The van der Waals surface area contributed by atoms with E-state index < -0.39 is 5.41 Å². The number of benzene rings is 2. The monoisotopic (exact) mass is 336 g/mol. The SMILES string of the molecule is C#CC12CC3CC(C1)CC(c1ccccc1)(C3)C2(C#C)c1ccccc1. The van der Waals surface area contributed by atoms with E-state index in [1.54, 1.807) is 0 Å². The van der Waals surface area contributed by atoms with Crippen LogP contribution in [0.3, 0.4) is 0 Å². The van der Waals surface area contributed by atoms with E-state index in [0.29, 0.717) is 11.8 Å². The van der Waals surface area contributed by atoms with Crippen molar-refractivity contribution in [2.75, 3.05) is 0 Å². The van der Waals surface area contributed by atoms with Crippen LogP contribution in [0.1, 0.15) is 43.2 Å². The highest BCUT2D eigenvalue weighted by Gasteiger charge is 2.72. The van der Waals surface area contributed by atoms with Crippen LogP contribution in [0.2, 0.25) is 0 Å². The van der Waals surface area contributed by atoms with Crippen molar-refractivity contribution in [3.8, 4) is 24.7 Å². The van der Waals surface area contributed by atoms with E-state index in [-0.39, 0.29) is 10.8 Å². The van der Waals surface area contributed by atoms with Gasteiger partial charge in [0.1, 0.15) is 0 Å². The standard InChI is InChI=1S/C26H24/c1-3-24-16-20-15-21(17-24)19-25(18-20,22-11-7-5-8-12-22)26(24,4-2)23-13-9-6-10-14-23/h1-2,5-14,20-21H,15-19H2. The van der Waals surface area contributed by atoms with E-state index in [1.807, 2.05) is 0 Å². The van der Waals surface area contributed by atoms with Gasteiger partial charge in [0.15, 0.2) is 0 Å². The van der Waals surface area contributed by atoms with Gasteiger partial charge in [0, 0.05) is 5.41 Å². The number of rotatable bonds is 2. The van der Waals surface area contributed by atoms with Crippen LogP contribution in [0.25, 0.3) is 0 Å². The molecule has 0 spiro atoms. The summed E-state index contributed by atoms with van der Waals surface area (Å²) >= 11 is 0. The number of hydrogen-bond acceptors (Lipinski definition) is 0. The molecule has 4 aliphatic rings. The molecule has 4 aliphatic carbocycles. The maximum Gasteiger partial charge on any atom is 0.0821 e. The molecule has 26 heavy (non-hydrogen) atoms. The lowest BCUT2D eigenvalue weighted by Gasteiger charge is -2.70. The lowest BCUT2D eigenvalue weighted by molar-refractivity contribution is -0.0956. The van der Waals surface area contributed by atoms with E-state index in [1.165, 1.54) is 17.5 Å². The smallest absolute Gasteiger partial charge is 0.0821 e. The van der Waals surface area contributed by atoms with Gasteiger partial charge >= 0.3 is 0 Å². The van der Waals surface area contributed by atoms with Gasteiger partial charge in [0.05, 0.1) is 10.8 Å². The Balaban J connectivity index is 1.87. The second kappa shape index (κ2) is 5.28. The average molecular weight is 336 g/mol. The summed E-state index contributed by atoms with van der Waals surface area (Å²) in [5.41, 5.74) is 1.91. The van der Waals surface area contributed by atoms with E-state index in [0.717, 1.165) is 25.7 Å². The molecule has 0 nitrogen and oxygen atoms in total. The van der Waals surface area contributed by atoms with Crippen molar-refractivity contribution in [1.29, 1.82) is 0 Å². The maximum atomic E-state index is 6.46. The lowest BCUT2D eigenvalue weighted by atomic mass is 9.31. The van der Waals surface area contributed by atoms with Crippen LogP contribution < -0.4 is 0 Å². The van der Waals surface area contributed by atoms with E-state index in [9.17, 15) is 0 Å². The van der Waals surface area contributed by atoms with Gasteiger partial charge in [-0.25, -0.2) is 0 Å². The quantitative estimate of drug-likeness (QED) is 0.650. The topological polar surface area (TPSA) is 0 Å². The highest BCUT2D eigenvalue weighted by atomic mass is 14.7. The summed E-state index contributed by atoms with van der Waals surface area (Å²) in [7, 11) is 0. The Bertz CT molecular complexity index is 894. The molecule has 6 rings (SSSR count).